The number of hydrogen-bond donors (Lipinski definition) is 2. The first kappa shape index (κ1) is 16.9. The molecule has 11 heteroatoms. The molecular weight excluding hydrogens is 379 g/mol. The number of H-pyrrole nitrogens is 1. The molecule has 1 aromatic carbocycles. The van der Waals surface area contributed by atoms with Crippen molar-refractivity contribution in [3.63, 3.8) is 0 Å². The Bertz CT molecular complexity index is 1240. The van der Waals surface area contributed by atoms with Crippen LogP contribution in [-0.2, 0) is 6.54 Å². The van der Waals surface area contributed by atoms with Crippen LogP contribution in [0.25, 0.3) is 17.0 Å². The number of benzene rings is 1. The molecule has 0 aliphatic rings. The van der Waals surface area contributed by atoms with Crippen molar-refractivity contribution in [3.05, 3.63) is 69.1 Å². The fourth-order valence-corrected chi connectivity index (χ4v) is 2.74. The molecule has 3 heterocycles. The Hall–Kier alpha value is -3.53. The summed E-state index contributed by atoms with van der Waals surface area (Å²) < 4.78 is 16.5. The zero-order chi connectivity index (χ0) is 19.1. The minimum absolute atomic E-state index is 0.0154. The summed E-state index contributed by atoms with van der Waals surface area (Å²) in [5.74, 6) is -1.62. The van der Waals surface area contributed by atoms with Crippen LogP contribution in [0.2, 0.25) is 5.02 Å². The van der Waals surface area contributed by atoms with Crippen LogP contribution in [0.1, 0.15) is 15.9 Å². The second-order valence-corrected chi connectivity index (χ2v) is 6.08. The molecule has 3 aromatic heterocycles. The van der Waals surface area contributed by atoms with Gasteiger partial charge in [0, 0.05) is 16.8 Å². The smallest absolute Gasteiger partial charge is 0.338 e. The Morgan fingerprint density at radius 3 is 2.81 bits per heavy atom. The number of fused-ring (bicyclic) bond motifs is 1. The summed E-state index contributed by atoms with van der Waals surface area (Å²) in [5.41, 5.74) is 0.154. The molecule has 4 aromatic rings. The van der Waals surface area contributed by atoms with Gasteiger partial charge in [-0.2, -0.15) is 10.2 Å². The maximum atomic E-state index is 14.0. The number of rotatable bonds is 4. The van der Waals surface area contributed by atoms with Crippen molar-refractivity contribution in [1.82, 2.24) is 29.5 Å². The average Bonchev–Trinajstić information content (AvgIpc) is 3.25. The van der Waals surface area contributed by atoms with Gasteiger partial charge in [-0.3, -0.25) is 14.5 Å². The predicted octanol–water partition coefficient (Wildman–Crippen LogP) is 1.84. The Labute approximate surface area is 154 Å². The second kappa shape index (κ2) is 6.32. The van der Waals surface area contributed by atoms with Crippen LogP contribution in [-0.4, -0.2) is 40.6 Å². The maximum absolute atomic E-state index is 14.0. The molecule has 9 nitrogen and oxygen atoms in total. The van der Waals surface area contributed by atoms with Crippen molar-refractivity contribution in [2.45, 2.75) is 6.54 Å². The minimum atomic E-state index is -1.15. The Morgan fingerprint density at radius 1 is 1.30 bits per heavy atom. The van der Waals surface area contributed by atoms with Crippen LogP contribution in [0.4, 0.5) is 4.39 Å². The number of nitrogens with zero attached hydrogens (tertiary/aromatic N) is 5. The first-order chi connectivity index (χ1) is 12.9. The maximum Gasteiger partial charge on any atom is 0.338 e. The van der Waals surface area contributed by atoms with Gasteiger partial charge in [0.2, 0.25) is 5.95 Å². The van der Waals surface area contributed by atoms with Crippen LogP contribution >= 0.6 is 11.6 Å². The lowest BCUT2D eigenvalue weighted by atomic mass is 10.2. The van der Waals surface area contributed by atoms with E-state index in [1.807, 2.05) is 0 Å². The number of carboxylic acids is 1. The molecule has 0 aliphatic heterocycles. The highest BCUT2D eigenvalue weighted by molar-refractivity contribution is 6.30. The van der Waals surface area contributed by atoms with Gasteiger partial charge in [-0.25, -0.2) is 18.9 Å². The van der Waals surface area contributed by atoms with Crippen LogP contribution in [0.3, 0.4) is 0 Å². The molecule has 0 bridgehead atoms. The highest BCUT2D eigenvalue weighted by atomic mass is 35.5. The van der Waals surface area contributed by atoms with E-state index >= 15 is 0 Å². The van der Waals surface area contributed by atoms with E-state index in [9.17, 15) is 14.0 Å². The molecule has 0 unspecified atom stereocenters. The number of aromatic nitrogens is 6. The molecule has 27 heavy (non-hydrogen) atoms. The number of hydrogen-bond acceptors (Lipinski definition) is 5. The molecule has 136 valence electrons. The van der Waals surface area contributed by atoms with Gasteiger partial charge in [0.25, 0.3) is 5.56 Å². The topological polar surface area (TPSA) is 119 Å². The lowest BCUT2D eigenvalue weighted by Crippen LogP contribution is -2.17. The van der Waals surface area contributed by atoms with Crippen molar-refractivity contribution < 1.29 is 14.3 Å². The summed E-state index contributed by atoms with van der Waals surface area (Å²) in [4.78, 5) is 30.2. The van der Waals surface area contributed by atoms with Gasteiger partial charge < -0.3 is 5.11 Å². The molecule has 0 saturated heterocycles. The summed E-state index contributed by atoms with van der Waals surface area (Å²) in [6.07, 6.45) is 3.72. The highest BCUT2D eigenvalue weighted by Crippen LogP contribution is 2.17. The SMILES string of the molecule is O=C(O)c1cnn(-c2nc3cnn(Cc4ccc(Cl)cc4F)c3c(=O)[nH]2)c1. The van der Waals surface area contributed by atoms with Crippen LogP contribution < -0.4 is 5.56 Å². The monoisotopic (exact) mass is 388 g/mol. The lowest BCUT2D eigenvalue weighted by molar-refractivity contribution is 0.0697. The van der Waals surface area contributed by atoms with Gasteiger partial charge >= 0.3 is 5.97 Å². The largest absolute Gasteiger partial charge is 0.478 e. The van der Waals surface area contributed by atoms with Gasteiger partial charge in [0.1, 0.15) is 11.3 Å². The van der Waals surface area contributed by atoms with Crippen molar-refractivity contribution >= 4 is 28.6 Å². The number of aromatic amines is 1. The van der Waals surface area contributed by atoms with E-state index in [1.165, 1.54) is 29.2 Å². The molecule has 0 aliphatic carbocycles. The van der Waals surface area contributed by atoms with Crippen molar-refractivity contribution in [3.8, 4) is 5.95 Å². The first-order valence-corrected chi connectivity index (χ1v) is 7.98. The number of nitrogens with one attached hydrogen (secondary N) is 1. The summed E-state index contributed by atoms with van der Waals surface area (Å²) in [6, 6.07) is 4.24. The van der Waals surface area contributed by atoms with E-state index in [4.69, 9.17) is 16.7 Å². The molecule has 2 N–H and O–H groups in total. The number of aromatic carboxylic acids is 1. The van der Waals surface area contributed by atoms with Gasteiger partial charge in [0.15, 0.2) is 5.52 Å². The molecule has 0 radical (unpaired) electrons. The minimum Gasteiger partial charge on any atom is -0.478 e. The van der Waals surface area contributed by atoms with Gasteiger partial charge in [0.05, 0.1) is 24.5 Å². The van der Waals surface area contributed by atoms with E-state index in [-0.39, 0.29) is 34.1 Å². The third kappa shape index (κ3) is 3.06. The summed E-state index contributed by atoms with van der Waals surface area (Å²) >= 11 is 5.74. The Kier molecular flexibility index (Phi) is 3.96. The molecule has 4 rings (SSSR count). The van der Waals surface area contributed by atoms with Crippen LogP contribution in [0.5, 0.6) is 0 Å². The summed E-state index contributed by atoms with van der Waals surface area (Å²) in [7, 11) is 0. The fourth-order valence-electron chi connectivity index (χ4n) is 2.58. The number of carboxylic acid groups (broad SMARTS) is 1. The lowest BCUT2D eigenvalue weighted by Gasteiger charge is -2.06. The number of carbonyl (C=O) groups is 1. The van der Waals surface area contributed by atoms with Gasteiger partial charge in [-0.05, 0) is 12.1 Å². The van der Waals surface area contributed by atoms with Crippen LogP contribution in [0.15, 0.2) is 41.6 Å². The molecule has 0 fully saturated rings. The third-order valence-electron chi connectivity index (χ3n) is 3.87. The second-order valence-electron chi connectivity index (χ2n) is 5.64. The van der Waals surface area contributed by atoms with E-state index < -0.39 is 17.3 Å². The average molecular weight is 389 g/mol. The van der Waals surface area contributed by atoms with E-state index in [0.717, 1.165) is 10.9 Å². The third-order valence-corrected chi connectivity index (χ3v) is 4.10. The normalized spacial score (nSPS) is 11.2. The van der Waals surface area contributed by atoms with E-state index in [0.29, 0.717) is 5.56 Å². The highest BCUT2D eigenvalue weighted by Gasteiger charge is 2.15. The Balaban J connectivity index is 1.75. The van der Waals surface area contributed by atoms with Crippen molar-refractivity contribution in [2.24, 2.45) is 0 Å². The quantitative estimate of drug-likeness (QED) is 0.550. The standard InChI is InChI=1S/C16H10ClFN6O3/c17-10-2-1-8(11(18)3-10)6-23-13-12(5-20-23)21-16(22-14(13)25)24-7-9(4-19-24)15(26)27/h1-5,7H,6H2,(H,26,27)(H,21,22,25). The van der Waals surface area contributed by atoms with Crippen molar-refractivity contribution in [2.75, 3.05) is 0 Å². The molecular formula is C16H10ClFN6O3. The first-order valence-electron chi connectivity index (χ1n) is 7.60. The summed E-state index contributed by atoms with van der Waals surface area (Å²) in [5, 5.41) is 17.2. The Morgan fingerprint density at radius 2 is 2.11 bits per heavy atom. The predicted molar refractivity (Wildman–Crippen MR) is 92.7 cm³/mol. The zero-order valence-corrected chi connectivity index (χ0v) is 14.2. The zero-order valence-electron chi connectivity index (χ0n) is 13.4. The fraction of sp³-hybridized carbons (Fsp3) is 0.0625. The molecule has 0 spiro atoms. The van der Waals surface area contributed by atoms with Gasteiger partial charge in [-0.1, -0.05) is 17.7 Å². The molecule has 0 amide bonds. The summed E-state index contributed by atoms with van der Waals surface area (Å²) in [6.45, 7) is 0.0154. The van der Waals surface area contributed by atoms with Gasteiger partial charge in [-0.15, -0.1) is 0 Å². The number of halogens is 2. The van der Waals surface area contributed by atoms with Crippen LogP contribution in [0, 0.1) is 5.82 Å². The van der Waals surface area contributed by atoms with E-state index in [1.54, 1.807) is 6.07 Å². The molecule has 0 atom stereocenters. The molecule has 0 saturated carbocycles. The van der Waals surface area contributed by atoms with Crippen molar-refractivity contribution in [1.29, 1.82) is 0 Å². The van der Waals surface area contributed by atoms with E-state index in [2.05, 4.69) is 20.2 Å².